The van der Waals surface area contributed by atoms with Crippen molar-refractivity contribution in [2.75, 3.05) is 5.73 Å². The Kier molecular flexibility index (Phi) is 1.77. The number of benzene rings is 1. The molecule has 14 heavy (non-hydrogen) atoms. The van der Waals surface area contributed by atoms with Crippen molar-refractivity contribution >= 4 is 17.0 Å². The zero-order valence-electron chi connectivity index (χ0n) is 8.78. The minimum Gasteiger partial charge on any atom is -0.369 e. The number of para-hydroxylation sites is 2. The lowest BCUT2D eigenvalue weighted by atomic mass is 10.1. The van der Waals surface area contributed by atoms with Crippen molar-refractivity contribution in [2.24, 2.45) is 0 Å². The Bertz CT molecular complexity index is 463. The van der Waals surface area contributed by atoms with Gasteiger partial charge >= 0.3 is 0 Å². The molecule has 3 nitrogen and oxygen atoms in total. The summed E-state index contributed by atoms with van der Waals surface area (Å²) in [5.41, 5.74) is 7.92. The molecule has 3 heteroatoms. The summed E-state index contributed by atoms with van der Waals surface area (Å²) in [4.78, 5) is 4.32. The summed E-state index contributed by atoms with van der Waals surface area (Å²) in [6.45, 7) is 6.37. The molecule has 2 rings (SSSR count). The van der Waals surface area contributed by atoms with Gasteiger partial charge in [-0.15, -0.1) is 0 Å². The van der Waals surface area contributed by atoms with Crippen LogP contribution in [0, 0.1) is 0 Å². The Morgan fingerprint density at radius 2 is 1.86 bits per heavy atom. The number of anilines is 1. The summed E-state index contributed by atoms with van der Waals surface area (Å²) in [7, 11) is 0. The predicted octanol–water partition coefficient (Wildman–Crippen LogP) is 2.37. The first kappa shape index (κ1) is 9.06. The summed E-state index contributed by atoms with van der Waals surface area (Å²) in [6, 6.07) is 8.01. The maximum Gasteiger partial charge on any atom is 0.201 e. The molecule has 0 spiro atoms. The fourth-order valence-corrected chi connectivity index (χ4v) is 1.75. The van der Waals surface area contributed by atoms with Crippen molar-refractivity contribution in [3.8, 4) is 0 Å². The van der Waals surface area contributed by atoms with Crippen LogP contribution < -0.4 is 5.73 Å². The van der Waals surface area contributed by atoms with E-state index in [1.165, 1.54) is 0 Å². The summed E-state index contributed by atoms with van der Waals surface area (Å²) < 4.78 is 2.06. The van der Waals surface area contributed by atoms with Crippen LogP contribution >= 0.6 is 0 Å². The molecule has 74 valence electrons. The van der Waals surface area contributed by atoms with Crippen molar-refractivity contribution in [2.45, 2.75) is 26.3 Å². The number of hydrogen-bond donors (Lipinski definition) is 1. The average Bonchev–Trinajstić information content (AvgIpc) is 2.38. The zero-order valence-corrected chi connectivity index (χ0v) is 8.78. The fourth-order valence-electron chi connectivity index (χ4n) is 1.75. The SMILES string of the molecule is CC(C)(C)n1c(N)nc2ccccc21. The second kappa shape index (κ2) is 2.74. The Hall–Kier alpha value is -1.51. The van der Waals surface area contributed by atoms with Gasteiger partial charge in [0.25, 0.3) is 0 Å². The zero-order chi connectivity index (χ0) is 10.3. The summed E-state index contributed by atoms with van der Waals surface area (Å²) in [5, 5.41) is 0. The van der Waals surface area contributed by atoms with E-state index in [1.807, 2.05) is 24.3 Å². The molecule has 0 aliphatic heterocycles. The van der Waals surface area contributed by atoms with Gasteiger partial charge in [0.15, 0.2) is 0 Å². The largest absolute Gasteiger partial charge is 0.369 e. The molecule has 2 aromatic rings. The predicted molar refractivity (Wildman–Crippen MR) is 59.1 cm³/mol. The van der Waals surface area contributed by atoms with Gasteiger partial charge in [0.05, 0.1) is 11.0 Å². The van der Waals surface area contributed by atoms with E-state index in [9.17, 15) is 0 Å². The Morgan fingerprint density at radius 3 is 2.50 bits per heavy atom. The molecule has 0 amide bonds. The third-order valence-corrected chi connectivity index (χ3v) is 2.26. The van der Waals surface area contributed by atoms with Crippen LogP contribution in [-0.4, -0.2) is 9.55 Å². The maximum absolute atomic E-state index is 5.89. The summed E-state index contributed by atoms with van der Waals surface area (Å²) in [6.07, 6.45) is 0. The molecule has 0 unspecified atom stereocenters. The van der Waals surface area contributed by atoms with E-state index in [1.54, 1.807) is 0 Å². The van der Waals surface area contributed by atoms with E-state index >= 15 is 0 Å². The normalized spacial score (nSPS) is 12.2. The second-order valence-corrected chi connectivity index (χ2v) is 4.46. The van der Waals surface area contributed by atoms with Gasteiger partial charge in [-0.1, -0.05) is 12.1 Å². The van der Waals surface area contributed by atoms with Crippen LogP contribution in [0.15, 0.2) is 24.3 Å². The van der Waals surface area contributed by atoms with Crippen molar-refractivity contribution in [3.63, 3.8) is 0 Å². The molecule has 0 bridgehead atoms. The van der Waals surface area contributed by atoms with E-state index < -0.39 is 0 Å². The van der Waals surface area contributed by atoms with Crippen molar-refractivity contribution in [3.05, 3.63) is 24.3 Å². The third kappa shape index (κ3) is 1.25. The van der Waals surface area contributed by atoms with Gasteiger partial charge in [0.2, 0.25) is 5.95 Å². The van der Waals surface area contributed by atoms with E-state index in [-0.39, 0.29) is 5.54 Å². The number of nitrogen functional groups attached to an aromatic ring is 1. The summed E-state index contributed by atoms with van der Waals surface area (Å²) >= 11 is 0. The van der Waals surface area contributed by atoms with Gasteiger partial charge in [-0.3, -0.25) is 0 Å². The molecule has 0 fully saturated rings. The highest BCUT2D eigenvalue weighted by atomic mass is 15.2. The van der Waals surface area contributed by atoms with E-state index in [4.69, 9.17) is 5.73 Å². The first-order valence-corrected chi connectivity index (χ1v) is 4.73. The molecule has 0 saturated heterocycles. The Balaban J connectivity index is 2.81. The number of hydrogen-bond acceptors (Lipinski definition) is 2. The molecule has 0 atom stereocenters. The highest BCUT2D eigenvalue weighted by Crippen LogP contribution is 2.25. The van der Waals surface area contributed by atoms with E-state index in [0.717, 1.165) is 11.0 Å². The van der Waals surface area contributed by atoms with Crippen molar-refractivity contribution < 1.29 is 0 Å². The lowest BCUT2D eigenvalue weighted by Gasteiger charge is -2.22. The molecular formula is C11H15N3. The first-order chi connectivity index (χ1) is 6.50. The highest BCUT2D eigenvalue weighted by molar-refractivity contribution is 5.78. The number of nitrogens with two attached hydrogens (primary N) is 1. The van der Waals surface area contributed by atoms with E-state index in [0.29, 0.717) is 5.95 Å². The third-order valence-electron chi connectivity index (χ3n) is 2.26. The number of nitrogens with zero attached hydrogens (tertiary/aromatic N) is 2. The van der Waals surface area contributed by atoms with Gasteiger partial charge in [-0.25, -0.2) is 4.98 Å². The van der Waals surface area contributed by atoms with Crippen LogP contribution in [0.3, 0.4) is 0 Å². The molecule has 0 saturated carbocycles. The smallest absolute Gasteiger partial charge is 0.201 e. The molecule has 1 aromatic heterocycles. The van der Waals surface area contributed by atoms with Crippen molar-refractivity contribution in [1.29, 1.82) is 0 Å². The Labute approximate surface area is 83.6 Å². The van der Waals surface area contributed by atoms with Crippen LogP contribution in [0.4, 0.5) is 5.95 Å². The standard InChI is InChI=1S/C11H15N3/c1-11(2,3)14-9-7-5-4-6-8(9)13-10(14)12/h4-7H,1-3H3,(H2,12,13). The lowest BCUT2D eigenvalue weighted by molar-refractivity contribution is 0.414. The molecular weight excluding hydrogens is 174 g/mol. The molecule has 0 aliphatic rings. The minimum atomic E-state index is -0.0276. The minimum absolute atomic E-state index is 0.0276. The second-order valence-electron chi connectivity index (χ2n) is 4.46. The average molecular weight is 189 g/mol. The van der Waals surface area contributed by atoms with Gasteiger partial charge in [0, 0.05) is 5.54 Å². The molecule has 0 aliphatic carbocycles. The van der Waals surface area contributed by atoms with Crippen LogP contribution in [-0.2, 0) is 5.54 Å². The molecule has 1 aromatic carbocycles. The number of rotatable bonds is 0. The van der Waals surface area contributed by atoms with Gasteiger partial charge in [0.1, 0.15) is 0 Å². The molecule has 1 heterocycles. The van der Waals surface area contributed by atoms with Crippen molar-refractivity contribution in [1.82, 2.24) is 9.55 Å². The monoisotopic (exact) mass is 189 g/mol. The van der Waals surface area contributed by atoms with Crippen LogP contribution in [0.1, 0.15) is 20.8 Å². The highest BCUT2D eigenvalue weighted by Gasteiger charge is 2.19. The quantitative estimate of drug-likeness (QED) is 0.691. The molecule has 2 N–H and O–H groups in total. The number of fused-ring (bicyclic) bond motifs is 1. The summed E-state index contributed by atoms with van der Waals surface area (Å²) in [5.74, 6) is 0.582. The van der Waals surface area contributed by atoms with Crippen LogP contribution in [0.5, 0.6) is 0 Å². The van der Waals surface area contributed by atoms with Gasteiger partial charge < -0.3 is 10.3 Å². The maximum atomic E-state index is 5.89. The van der Waals surface area contributed by atoms with E-state index in [2.05, 4.69) is 30.3 Å². The Morgan fingerprint density at radius 1 is 1.21 bits per heavy atom. The number of imidazole rings is 1. The van der Waals surface area contributed by atoms with Crippen LogP contribution in [0.25, 0.3) is 11.0 Å². The van der Waals surface area contributed by atoms with Gasteiger partial charge in [-0.2, -0.15) is 0 Å². The van der Waals surface area contributed by atoms with Gasteiger partial charge in [-0.05, 0) is 32.9 Å². The van der Waals surface area contributed by atoms with Crippen LogP contribution in [0.2, 0.25) is 0 Å². The topological polar surface area (TPSA) is 43.8 Å². The fraction of sp³-hybridized carbons (Fsp3) is 0.364. The lowest BCUT2D eigenvalue weighted by Crippen LogP contribution is -2.23. The first-order valence-electron chi connectivity index (χ1n) is 4.73. The number of aromatic nitrogens is 2. The molecule has 0 radical (unpaired) electrons.